The van der Waals surface area contributed by atoms with Crippen LogP contribution in [-0.2, 0) is 4.79 Å². The quantitative estimate of drug-likeness (QED) is 0.751. The molecule has 2 aromatic carbocycles. The molecule has 2 aromatic rings. The lowest BCUT2D eigenvalue weighted by Crippen LogP contribution is -2.02. The van der Waals surface area contributed by atoms with Gasteiger partial charge in [0.1, 0.15) is 5.82 Å². The molecule has 0 saturated heterocycles. The van der Waals surface area contributed by atoms with Crippen molar-refractivity contribution in [1.82, 2.24) is 0 Å². The Kier molecular flexibility index (Phi) is 3.78. The molecule has 0 radical (unpaired) electrons. The molecule has 0 heterocycles. The van der Waals surface area contributed by atoms with E-state index in [1.54, 1.807) is 19.1 Å². The van der Waals surface area contributed by atoms with Crippen LogP contribution in [0, 0.1) is 5.82 Å². The Hall–Kier alpha value is -1.67. The molecule has 2 rings (SSSR count). The van der Waals surface area contributed by atoms with Crippen molar-refractivity contribution in [1.29, 1.82) is 0 Å². The normalized spacial score (nSPS) is 12.2. The fraction of sp³-hybridized carbons (Fsp3) is 0.133. The summed E-state index contributed by atoms with van der Waals surface area (Å²) < 4.78 is 14.0. The van der Waals surface area contributed by atoms with Gasteiger partial charge in [-0.1, -0.05) is 49.4 Å². The van der Waals surface area contributed by atoms with Crippen LogP contribution in [-0.4, -0.2) is 5.24 Å². The summed E-state index contributed by atoms with van der Waals surface area (Å²) in [5.74, 6) is -0.838. The topological polar surface area (TPSA) is 17.1 Å². The van der Waals surface area contributed by atoms with Crippen molar-refractivity contribution in [2.75, 3.05) is 0 Å². The highest BCUT2D eigenvalue weighted by molar-refractivity contribution is 6.64. The van der Waals surface area contributed by atoms with E-state index in [0.717, 1.165) is 5.56 Å². The van der Waals surface area contributed by atoms with Gasteiger partial charge in [-0.05, 0) is 28.8 Å². The first-order valence-corrected chi connectivity index (χ1v) is 6.01. The molecular formula is C15H12ClFO. The average molecular weight is 263 g/mol. The molecule has 92 valence electrons. The van der Waals surface area contributed by atoms with Gasteiger partial charge in [-0.3, -0.25) is 4.79 Å². The zero-order valence-corrected chi connectivity index (χ0v) is 10.6. The van der Waals surface area contributed by atoms with E-state index in [-0.39, 0.29) is 5.82 Å². The molecule has 0 bridgehead atoms. The van der Waals surface area contributed by atoms with Gasteiger partial charge in [-0.2, -0.15) is 0 Å². The van der Waals surface area contributed by atoms with E-state index in [1.807, 2.05) is 30.3 Å². The van der Waals surface area contributed by atoms with Gasteiger partial charge in [0.2, 0.25) is 5.24 Å². The van der Waals surface area contributed by atoms with E-state index in [0.29, 0.717) is 11.1 Å². The van der Waals surface area contributed by atoms with Crippen molar-refractivity contribution in [3.8, 4) is 11.1 Å². The third-order valence-corrected chi connectivity index (χ3v) is 3.25. The van der Waals surface area contributed by atoms with Crippen molar-refractivity contribution in [3.63, 3.8) is 0 Å². The van der Waals surface area contributed by atoms with Crippen molar-refractivity contribution >= 4 is 16.8 Å². The predicted octanol–water partition coefficient (Wildman–Crippen LogP) is 4.36. The Bertz CT molecular complexity index is 566. The lowest BCUT2D eigenvalue weighted by molar-refractivity contribution is -0.112. The fourth-order valence-electron chi connectivity index (χ4n) is 1.78. The van der Waals surface area contributed by atoms with Gasteiger partial charge in [-0.25, -0.2) is 4.39 Å². The number of rotatable bonds is 3. The molecule has 0 aliphatic carbocycles. The molecule has 0 N–H and O–H groups in total. The SMILES string of the molecule is C[C@@H](C(=O)Cl)c1ccc(-c2ccccc2)c(F)c1. The van der Waals surface area contributed by atoms with Gasteiger partial charge in [0.15, 0.2) is 0 Å². The summed E-state index contributed by atoms with van der Waals surface area (Å²) >= 11 is 5.41. The first-order valence-electron chi connectivity index (χ1n) is 5.64. The fourth-order valence-corrected chi connectivity index (χ4v) is 1.91. The molecule has 0 saturated carbocycles. The monoisotopic (exact) mass is 262 g/mol. The number of benzene rings is 2. The van der Waals surface area contributed by atoms with Crippen molar-refractivity contribution in [2.24, 2.45) is 0 Å². The number of halogens is 2. The van der Waals surface area contributed by atoms with Crippen LogP contribution in [0.2, 0.25) is 0 Å². The van der Waals surface area contributed by atoms with Crippen molar-refractivity contribution < 1.29 is 9.18 Å². The second-order valence-electron chi connectivity index (χ2n) is 4.13. The number of carbonyl (C=O) groups is 1. The highest BCUT2D eigenvalue weighted by atomic mass is 35.5. The Balaban J connectivity index is 2.40. The molecule has 0 spiro atoms. The Morgan fingerprint density at radius 2 is 1.83 bits per heavy atom. The summed E-state index contributed by atoms with van der Waals surface area (Å²) in [7, 11) is 0. The molecule has 3 heteroatoms. The molecule has 1 atom stereocenters. The minimum Gasteiger partial charge on any atom is -0.281 e. The van der Waals surface area contributed by atoms with Crippen LogP contribution in [0.3, 0.4) is 0 Å². The largest absolute Gasteiger partial charge is 0.281 e. The lowest BCUT2D eigenvalue weighted by atomic mass is 9.98. The summed E-state index contributed by atoms with van der Waals surface area (Å²) in [6.45, 7) is 1.66. The van der Waals surface area contributed by atoms with Crippen LogP contribution in [0.1, 0.15) is 18.4 Å². The Morgan fingerprint density at radius 1 is 1.17 bits per heavy atom. The third kappa shape index (κ3) is 2.59. The van der Waals surface area contributed by atoms with Gasteiger partial charge >= 0.3 is 0 Å². The van der Waals surface area contributed by atoms with Crippen LogP contribution in [0.15, 0.2) is 48.5 Å². The number of hydrogen-bond acceptors (Lipinski definition) is 1. The highest BCUT2D eigenvalue weighted by Gasteiger charge is 2.15. The first-order chi connectivity index (χ1) is 8.59. The van der Waals surface area contributed by atoms with E-state index in [2.05, 4.69) is 0 Å². The molecule has 1 nitrogen and oxygen atoms in total. The minimum absolute atomic E-state index is 0.344. The number of carbonyl (C=O) groups excluding carboxylic acids is 1. The lowest BCUT2D eigenvalue weighted by Gasteiger charge is -2.09. The van der Waals surface area contributed by atoms with Crippen LogP contribution >= 0.6 is 11.6 Å². The zero-order valence-electron chi connectivity index (χ0n) is 9.86. The molecule has 18 heavy (non-hydrogen) atoms. The van der Waals surface area contributed by atoms with Gasteiger partial charge in [0.05, 0.1) is 5.92 Å². The molecule has 0 amide bonds. The maximum atomic E-state index is 14.0. The van der Waals surface area contributed by atoms with Crippen molar-refractivity contribution in [2.45, 2.75) is 12.8 Å². The van der Waals surface area contributed by atoms with Gasteiger partial charge < -0.3 is 0 Å². The third-order valence-electron chi connectivity index (χ3n) is 2.92. The molecular weight excluding hydrogens is 251 g/mol. The van der Waals surface area contributed by atoms with Crippen LogP contribution in [0.5, 0.6) is 0 Å². The van der Waals surface area contributed by atoms with Gasteiger partial charge in [0, 0.05) is 5.56 Å². The van der Waals surface area contributed by atoms with E-state index < -0.39 is 11.2 Å². The van der Waals surface area contributed by atoms with E-state index in [1.165, 1.54) is 6.07 Å². The van der Waals surface area contributed by atoms with E-state index in [9.17, 15) is 9.18 Å². The maximum Gasteiger partial charge on any atom is 0.228 e. The van der Waals surface area contributed by atoms with E-state index >= 15 is 0 Å². The van der Waals surface area contributed by atoms with Crippen molar-refractivity contribution in [3.05, 3.63) is 59.9 Å². The molecule has 0 unspecified atom stereocenters. The van der Waals surface area contributed by atoms with Crippen LogP contribution in [0.4, 0.5) is 4.39 Å². The Labute approximate surface area is 110 Å². The summed E-state index contributed by atoms with van der Waals surface area (Å²) in [6, 6.07) is 14.0. The average Bonchev–Trinajstić information content (AvgIpc) is 2.38. The maximum absolute atomic E-state index is 14.0. The number of hydrogen-bond donors (Lipinski definition) is 0. The summed E-state index contributed by atoms with van der Waals surface area (Å²) in [5, 5.41) is -0.484. The summed E-state index contributed by atoms with van der Waals surface area (Å²) in [4.78, 5) is 11.1. The smallest absolute Gasteiger partial charge is 0.228 e. The molecule has 0 aliphatic heterocycles. The summed E-state index contributed by atoms with van der Waals surface area (Å²) in [6.07, 6.45) is 0. The zero-order chi connectivity index (χ0) is 13.1. The minimum atomic E-state index is -0.494. The molecule has 0 aromatic heterocycles. The second-order valence-corrected chi connectivity index (χ2v) is 4.50. The van der Waals surface area contributed by atoms with Crippen LogP contribution in [0.25, 0.3) is 11.1 Å². The Morgan fingerprint density at radius 3 is 2.39 bits per heavy atom. The predicted molar refractivity (Wildman–Crippen MR) is 71.1 cm³/mol. The second kappa shape index (κ2) is 5.32. The summed E-state index contributed by atoms with van der Waals surface area (Å²) in [5.41, 5.74) is 1.92. The van der Waals surface area contributed by atoms with Gasteiger partial charge in [-0.15, -0.1) is 0 Å². The highest BCUT2D eigenvalue weighted by Crippen LogP contribution is 2.26. The molecule has 0 fully saturated rings. The van der Waals surface area contributed by atoms with Gasteiger partial charge in [0.25, 0.3) is 0 Å². The van der Waals surface area contributed by atoms with E-state index in [4.69, 9.17) is 11.6 Å². The standard InChI is InChI=1S/C15H12ClFO/c1-10(15(16)18)12-7-8-13(14(17)9-12)11-5-3-2-4-6-11/h2-10H,1H3/t10-/m1/s1. The first kappa shape index (κ1) is 12.8. The molecule has 0 aliphatic rings. The van der Waals surface area contributed by atoms with Crippen LogP contribution < -0.4 is 0 Å².